The number of thiazole rings is 1. The van der Waals surface area contributed by atoms with Crippen LogP contribution in [0, 0.1) is 6.92 Å². The first-order valence-electron chi connectivity index (χ1n) is 6.02. The predicted molar refractivity (Wildman–Crippen MR) is 71.3 cm³/mol. The molecule has 17 heavy (non-hydrogen) atoms. The van der Waals surface area contributed by atoms with Crippen LogP contribution in [0.4, 0.5) is 0 Å². The summed E-state index contributed by atoms with van der Waals surface area (Å²) < 4.78 is 0. The molecule has 2 aromatic rings. The Labute approximate surface area is 106 Å². The lowest BCUT2D eigenvalue weighted by atomic mass is 10.1. The molecule has 1 aliphatic rings. The van der Waals surface area contributed by atoms with Gasteiger partial charge in [0.2, 0.25) is 0 Å². The zero-order valence-corrected chi connectivity index (χ0v) is 10.7. The van der Waals surface area contributed by atoms with Gasteiger partial charge in [0.05, 0.1) is 5.01 Å². The molecule has 0 amide bonds. The van der Waals surface area contributed by atoms with Crippen molar-refractivity contribution >= 4 is 11.3 Å². The van der Waals surface area contributed by atoms with Gasteiger partial charge < -0.3 is 5.32 Å². The Morgan fingerprint density at radius 2 is 2.18 bits per heavy atom. The second-order valence-corrected chi connectivity index (χ2v) is 5.91. The molecule has 2 unspecified atom stereocenters. The Hall–Kier alpha value is -1.19. The van der Waals surface area contributed by atoms with E-state index in [1.807, 2.05) is 6.20 Å². The van der Waals surface area contributed by atoms with E-state index in [1.165, 1.54) is 16.9 Å². The maximum absolute atomic E-state index is 4.27. The summed E-state index contributed by atoms with van der Waals surface area (Å²) in [6.45, 7) is 3.01. The minimum absolute atomic E-state index is 0.653. The molecule has 88 valence electrons. The van der Waals surface area contributed by atoms with Crippen LogP contribution in [0.5, 0.6) is 0 Å². The summed E-state index contributed by atoms with van der Waals surface area (Å²) in [4.78, 5) is 5.61. The number of benzene rings is 1. The third kappa shape index (κ3) is 2.56. The maximum Gasteiger partial charge on any atom is 0.0897 e. The van der Waals surface area contributed by atoms with E-state index in [4.69, 9.17) is 0 Å². The molecule has 3 heteroatoms. The van der Waals surface area contributed by atoms with E-state index < -0.39 is 0 Å². The predicted octanol–water partition coefficient (Wildman–Crippen LogP) is 3.10. The molecule has 1 aromatic carbocycles. The average molecular weight is 244 g/mol. The Bertz CT molecular complexity index is 492. The molecule has 2 atom stereocenters. The maximum atomic E-state index is 4.27. The molecular formula is C14H16N2S. The van der Waals surface area contributed by atoms with Crippen molar-refractivity contribution in [3.63, 3.8) is 0 Å². The fourth-order valence-corrected chi connectivity index (χ4v) is 2.95. The van der Waals surface area contributed by atoms with Crippen molar-refractivity contribution in [1.29, 1.82) is 0 Å². The smallest absolute Gasteiger partial charge is 0.0897 e. The van der Waals surface area contributed by atoms with E-state index in [2.05, 4.69) is 47.6 Å². The highest BCUT2D eigenvalue weighted by Crippen LogP contribution is 2.40. The fourth-order valence-electron chi connectivity index (χ4n) is 2.21. The monoisotopic (exact) mass is 244 g/mol. The molecule has 1 N–H and O–H groups in total. The van der Waals surface area contributed by atoms with Crippen LogP contribution in [-0.2, 0) is 6.54 Å². The first kappa shape index (κ1) is 10.9. The molecule has 0 saturated heterocycles. The molecule has 1 aliphatic carbocycles. The molecule has 0 spiro atoms. The molecule has 0 aliphatic heterocycles. The number of aryl methyl sites for hydroxylation is 1. The van der Waals surface area contributed by atoms with Gasteiger partial charge in [0.25, 0.3) is 0 Å². The zero-order chi connectivity index (χ0) is 11.7. The third-order valence-electron chi connectivity index (χ3n) is 3.23. The van der Waals surface area contributed by atoms with Crippen LogP contribution < -0.4 is 5.32 Å². The molecular weight excluding hydrogens is 228 g/mol. The Morgan fingerprint density at radius 3 is 2.88 bits per heavy atom. The van der Waals surface area contributed by atoms with Crippen molar-refractivity contribution in [3.8, 4) is 0 Å². The fraction of sp³-hybridized carbons (Fsp3) is 0.357. The van der Waals surface area contributed by atoms with Crippen LogP contribution in [-0.4, -0.2) is 11.0 Å². The number of nitrogens with one attached hydrogen (secondary N) is 1. The standard InChI is InChI=1S/C14H16N2S/c1-10-15-8-12(17-10)9-16-14-7-13(14)11-5-3-2-4-6-11/h2-6,8,13-14,16H,7,9H2,1H3. The van der Waals surface area contributed by atoms with E-state index in [0.717, 1.165) is 11.6 Å². The minimum atomic E-state index is 0.653. The van der Waals surface area contributed by atoms with Crippen LogP contribution >= 0.6 is 11.3 Å². The minimum Gasteiger partial charge on any atom is -0.308 e. The Kier molecular flexibility index (Phi) is 2.95. The first-order valence-corrected chi connectivity index (χ1v) is 6.84. The molecule has 0 bridgehead atoms. The molecule has 1 fully saturated rings. The number of hydrogen-bond acceptors (Lipinski definition) is 3. The van der Waals surface area contributed by atoms with Crippen LogP contribution in [0.2, 0.25) is 0 Å². The van der Waals surface area contributed by atoms with Gasteiger partial charge in [-0.2, -0.15) is 0 Å². The van der Waals surface area contributed by atoms with Gasteiger partial charge in [-0.15, -0.1) is 11.3 Å². The largest absolute Gasteiger partial charge is 0.308 e. The lowest BCUT2D eigenvalue weighted by molar-refractivity contribution is 0.678. The highest BCUT2D eigenvalue weighted by Gasteiger charge is 2.37. The summed E-state index contributed by atoms with van der Waals surface area (Å²) in [5.41, 5.74) is 1.46. The number of nitrogens with zero attached hydrogens (tertiary/aromatic N) is 1. The van der Waals surface area contributed by atoms with Gasteiger partial charge in [0, 0.05) is 29.6 Å². The molecule has 2 nitrogen and oxygen atoms in total. The van der Waals surface area contributed by atoms with Crippen LogP contribution in [0.25, 0.3) is 0 Å². The normalized spacial score (nSPS) is 22.6. The van der Waals surface area contributed by atoms with Crippen molar-refractivity contribution in [3.05, 3.63) is 52.0 Å². The lowest BCUT2D eigenvalue weighted by Crippen LogP contribution is -2.16. The quantitative estimate of drug-likeness (QED) is 0.894. The van der Waals surface area contributed by atoms with Gasteiger partial charge in [0.1, 0.15) is 0 Å². The van der Waals surface area contributed by atoms with Crippen molar-refractivity contribution in [2.45, 2.75) is 31.8 Å². The van der Waals surface area contributed by atoms with Crippen LogP contribution in [0.15, 0.2) is 36.5 Å². The van der Waals surface area contributed by atoms with Crippen LogP contribution in [0.3, 0.4) is 0 Å². The molecule has 1 aromatic heterocycles. The van der Waals surface area contributed by atoms with E-state index in [-0.39, 0.29) is 0 Å². The second-order valence-electron chi connectivity index (χ2n) is 4.59. The summed E-state index contributed by atoms with van der Waals surface area (Å²) in [7, 11) is 0. The molecule has 1 heterocycles. The van der Waals surface area contributed by atoms with Crippen molar-refractivity contribution in [2.24, 2.45) is 0 Å². The summed E-state index contributed by atoms with van der Waals surface area (Å²) in [6.07, 6.45) is 3.24. The molecule has 1 saturated carbocycles. The van der Waals surface area contributed by atoms with E-state index in [9.17, 15) is 0 Å². The number of aromatic nitrogens is 1. The third-order valence-corrected chi connectivity index (χ3v) is 4.14. The number of hydrogen-bond donors (Lipinski definition) is 1. The molecule has 3 rings (SSSR count). The van der Waals surface area contributed by atoms with Gasteiger partial charge >= 0.3 is 0 Å². The van der Waals surface area contributed by atoms with Gasteiger partial charge in [-0.1, -0.05) is 30.3 Å². The van der Waals surface area contributed by atoms with Crippen molar-refractivity contribution in [2.75, 3.05) is 0 Å². The van der Waals surface area contributed by atoms with Gasteiger partial charge in [-0.05, 0) is 18.9 Å². The summed E-state index contributed by atoms with van der Waals surface area (Å²) in [5.74, 6) is 0.713. The van der Waals surface area contributed by atoms with Crippen LogP contribution in [0.1, 0.15) is 27.8 Å². The van der Waals surface area contributed by atoms with Gasteiger partial charge in [0.15, 0.2) is 0 Å². The average Bonchev–Trinajstić information content (AvgIpc) is 3.03. The lowest BCUT2D eigenvalue weighted by Gasteiger charge is -2.02. The topological polar surface area (TPSA) is 24.9 Å². The second kappa shape index (κ2) is 4.59. The van der Waals surface area contributed by atoms with Gasteiger partial charge in [-0.3, -0.25) is 0 Å². The highest BCUT2D eigenvalue weighted by molar-refractivity contribution is 7.11. The highest BCUT2D eigenvalue weighted by atomic mass is 32.1. The summed E-state index contributed by atoms with van der Waals surface area (Å²) in [6, 6.07) is 11.4. The number of rotatable bonds is 4. The summed E-state index contributed by atoms with van der Waals surface area (Å²) >= 11 is 1.78. The Balaban J connectivity index is 1.53. The zero-order valence-electron chi connectivity index (χ0n) is 9.89. The summed E-state index contributed by atoms with van der Waals surface area (Å²) in [5, 5.41) is 4.76. The van der Waals surface area contributed by atoms with E-state index in [1.54, 1.807) is 11.3 Å². The SMILES string of the molecule is Cc1ncc(CNC2CC2c2ccccc2)s1. The van der Waals surface area contributed by atoms with E-state index >= 15 is 0 Å². The van der Waals surface area contributed by atoms with Crippen molar-refractivity contribution < 1.29 is 0 Å². The Morgan fingerprint density at radius 1 is 1.35 bits per heavy atom. The first-order chi connectivity index (χ1) is 8.33. The van der Waals surface area contributed by atoms with Gasteiger partial charge in [-0.25, -0.2) is 4.98 Å². The molecule has 0 radical (unpaired) electrons. The van der Waals surface area contributed by atoms with Crippen molar-refractivity contribution in [1.82, 2.24) is 10.3 Å². The van der Waals surface area contributed by atoms with E-state index in [0.29, 0.717) is 12.0 Å².